The standard InChI is InChI=1S/C20H30N6O2/c1-13-9-19(22-2)26-20(24-13)25-16-7-8-17(27-3)18(10-16)28-12-14(21)11-23-15-5-4-6-15/h7-10,14-15,23H,4-6,11-12,21H2,1-3H3,(H2,22,24,25,26)/t14-/m1/s1. The number of hydrogen-bond acceptors (Lipinski definition) is 8. The Morgan fingerprint density at radius 3 is 2.71 bits per heavy atom. The Balaban J connectivity index is 1.63. The van der Waals surface area contributed by atoms with Crippen molar-refractivity contribution in [2.75, 3.05) is 37.9 Å². The number of methoxy groups -OCH3 is 1. The Bertz CT molecular complexity index is 781. The highest BCUT2D eigenvalue weighted by Crippen LogP contribution is 2.31. The van der Waals surface area contributed by atoms with E-state index in [2.05, 4.69) is 25.9 Å². The van der Waals surface area contributed by atoms with E-state index in [9.17, 15) is 0 Å². The van der Waals surface area contributed by atoms with E-state index in [1.807, 2.05) is 38.2 Å². The second kappa shape index (κ2) is 9.57. The molecule has 1 saturated carbocycles. The summed E-state index contributed by atoms with van der Waals surface area (Å²) in [5, 5.41) is 9.71. The second-order valence-electron chi connectivity index (χ2n) is 7.07. The Hall–Kier alpha value is -2.58. The number of nitrogens with zero attached hydrogens (tertiary/aromatic N) is 2. The highest BCUT2D eigenvalue weighted by atomic mass is 16.5. The fourth-order valence-corrected chi connectivity index (χ4v) is 2.94. The summed E-state index contributed by atoms with van der Waals surface area (Å²) in [5.41, 5.74) is 7.86. The van der Waals surface area contributed by atoms with Crippen LogP contribution >= 0.6 is 0 Å². The third-order valence-corrected chi connectivity index (χ3v) is 4.76. The maximum Gasteiger partial charge on any atom is 0.229 e. The molecule has 1 atom stereocenters. The molecule has 1 aromatic carbocycles. The minimum atomic E-state index is -0.0831. The molecule has 1 heterocycles. The Morgan fingerprint density at radius 2 is 2.04 bits per heavy atom. The minimum Gasteiger partial charge on any atom is -0.493 e. The van der Waals surface area contributed by atoms with E-state index in [-0.39, 0.29) is 6.04 Å². The lowest BCUT2D eigenvalue weighted by Crippen LogP contribution is -2.45. The van der Waals surface area contributed by atoms with Crippen molar-refractivity contribution in [3.05, 3.63) is 30.0 Å². The molecule has 8 nitrogen and oxygen atoms in total. The molecular weight excluding hydrogens is 356 g/mol. The Morgan fingerprint density at radius 1 is 1.21 bits per heavy atom. The van der Waals surface area contributed by atoms with Gasteiger partial charge in [-0.2, -0.15) is 4.98 Å². The molecular formula is C20H30N6O2. The molecule has 0 radical (unpaired) electrons. The monoisotopic (exact) mass is 386 g/mol. The van der Waals surface area contributed by atoms with Crippen LogP contribution in [-0.2, 0) is 0 Å². The first-order valence-corrected chi connectivity index (χ1v) is 9.67. The van der Waals surface area contributed by atoms with Gasteiger partial charge in [0, 0.05) is 43.1 Å². The Kier molecular flexibility index (Phi) is 6.89. The topological polar surface area (TPSA) is 106 Å². The molecule has 28 heavy (non-hydrogen) atoms. The lowest BCUT2D eigenvalue weighted by molar-refractivity contribution is 0.255. The SMILES string of the molecule is CNc1cc(C)nc(Nc2ccc(OC)c(OC[C@H](N)CNC3CCC3)c2)n1. The minimum absolute atomic E-state index is 0.0831. The molecule has 1 aliphatic carbocycles. The molecule has 2 aromatic rings. The predicted molar refractivity (Wildman–Crippen MR) is 112 cm³/mol. The number of aromatic nitrogens is 2. The molecule has 0 saturated heterocycles. The van der Waals surface area contributed by atoms with Crippen molar-refractivity contribution < 1.29 is 9.47 Å². The van der Waals surface area contributed by atoms with Crippen LogP contribution < -0.4 is 31.2 Å². The van der Waals surface area contributed by atoms with Crippen molar-refractivity contribution >= 4 is 17.5 Å². The van der Waals surface area contributed by atoms with Gasteiger partial charge < -0.3 is 31.2 Å². The molecule has 5 N–H and O–H groups in total. The van der Waals surface area contributed by atoms with Crippen molar-refractivity contribution in [3.63, 3.8) is 0 Å². The number of ether oxygens (including phenoxy) is 2. The first-order chi connectivity index (χ1) is 13.6. The summed E-state index contributed by atoms with van der Waals surface area (Å²) >= 11 is 0. The van der Waals surface area contributed by atoms with Crippen LogP contribution in [0.1, 0.15) is 25.0 Å². The lowest BCUT2D eigenvalue weighted by Gasteiger charge is -2.28. The quantitative estimate of drug-likeness (QED) is 0.493. The van der Waals surface area contributed by atoms with E-state index in [1.54, 1.807) is 7.11 Å². The summed E-state index contributed by atoms with van der Waals surface area (Å²) in [6.45, 7) is 3.08. The van der Waals surface area contributed by atoms with Crippen molar-refractivity contribution in [1.29, 1.82) is 0 Å². The van der Waals surface area contributed by atoms with Gasteiger partial charge in [-0.3, -0.25) is 0 Å². The zero-order chi connectivity index (χ0) is 19.9. The van der Waals surface area contributed by atoms with E-state index in [4.69, 9.17) is 15.2 Å². The molecule has 0 amide bonds. The van der Waals surface area contributed by atoms with Gasteiger partial charge in [-0.1, -0.05) is 6.42 Å². The maximum absolute atomic E-state index is 6.18. The summed E-state index contributed by atoms with van der Waals surface area (Å²) in [6, 6.07) is 8.03. The second-order valence-corrected chi connectivity index (χ2v) is 7.07. The smallest absolute Gasteiger partial charge is 0.229 e. The third kappa shape index (κ3) is 5.46. The predicted octanol–water partition coefficient (Wildman–Crippen LogP) is 2.43. The molecule has 1 fully saturated rings. The van der Waals surface area contributed by atoms with Crippen LogP contribution in [0.4, 0.5) is 17.5 Å². The maximum atomic E-state index is 6.18. The van der Waals surface area contributed by atoms with Gasteiger partial charge in [0.05, 0.1) is 13.2 Å². The van der Waals surface area contributed by atoms with Crippen LogP contribution in [-0.4, -0.2) is 49.4 Å². The molecule has 152 valence electrons. The van der Waals surface area contributed by atoms with E-state index in [1.165, 1.54) is 19.3 Å². The van der Waals surface area contributed by atoms with E-state index in [0.29, 0.717) is 30.1 Å². The first kappa shape index (κ1) is 20.2. The number of benzene rings is 1. The molecule has 0 aliphatic heterocycles. The van der Waals surface area contributed by atoms with Gasteiger partial charge in [-0.15, -0.1) is 0 Å². The molecule has 0 unspecified atom stereocenters. The van der Waals surface area contributed by atoms with Crippen LogP contribution in [0, 0.1) is 6.92 Å². The fourth-order valence-electron chi connectivity index (χ4n) is 2.94. The molecule has 1 aliphatic rings. The number of rotatable bonds is 10. The summed E-state index contributed by atoms with van der Waals surface area (Å²) in [6.07, 6.45) is 3.79. The van der Waals surface area contributed by atoms with Gasteiger partial charge in [0.15, 0.2) is 11.5 Å². The zero-order valence-electron chi connectivity index (χ0n) is 16.8. The number of hydrogen-bond donors (Lipinski definition) is 4. The fraction of sp³-hybridized carbons (Fsp3) is 0.500. The summed E-state index contributed by atoms with van der Waals surface area (Å²) in [4.78, 5) is 8.83. The highest BCUT2D eigenvalue weighted by molar-refractivity contribution is 5.60. The molecule has 0 spiro atoms. The molecule has 1 aromatic heterocycles. The van der Waals surface area contributed by atoms with Gasteiger partial charge in [-0.05, 0) is 31.9 Å². The van der Waals surface area contributed by atoms with Crippen molar-refractivity contribution in [1.82, 2.24) is 15.3 Å². The molecule has 0 bridgehead atoms. The van der Waals surface area contributed by atoms with Gasteiger partial charge in [0.2, 0.25) is 5.95 Å². The summed E-state index contributed by atoms with van der Waals surface area (Å²) in [7, 11) is 3.45. The van der Waals surface area contributed by atoms with E-state index >= 15 is 0 Å². The van der Waals surface area contributed by atoms with Gasteiger partial charge >= 0.3 is 0 Å². The number of nitrogens with two attached hydrogens (primary N) is 1. The summed E-state index contributed by atoms with van der Waals surface area (Å²) in [5.74, 6) is 2.56. The highest BCUT2D eigenvalue weighted by Gasteiger charge is 2.18. The Labute approximate surface area is 166 Å². The normalized spacial score (nSPS) is 14.9. The number of nitrogens with one attached hydrogen (secondary N) is 3. The van der Waals surface area contributed by atoms with Gasteiger partial charge in [-0.25, -0.2) is 4.98 Å². The number of anilines is 3. The summed E-state index contributed by atoms with van der Waals surface area (Å²) < 4.78 is 11.4. The van der Waals surface area contributed by atoms with Gasteiger partial charge in [0.25, 0.3) is 0 Å². The van der Waals surface area contributed by atoms with E-state index < -0.39 is 0 Å². The van der Waals surface area contributed by atoms with Crippen molar-refractivity contribution in [3.8, 4) is 11.5 Å². The average Bonchev–Trinajstić information content (AvgIpc) is 2.64. The molecule has 3 rings (SSSR count). The zero-order valence-corrected chi connectivity index (χ0v) is 16.8. The largest absolute Gasteiger partial charge is 0.493 e. The average molecular weight is 387 g/mol. The van der Waals surface area contributed by atoms with Crippen LogP contribution in [0.15, 0.2) is 24.3 Å². The molecule has 8 heteroatoms. The first-order valence-electron chi connectivity index (χ1n) is 9.67. The lowest BCUT2D eigenvalue weighted by atomic mass is 9.93. The van der Waals surface area contributed by atoms with Crippen LogP contribution in [0.2, 0.25) is 0 Å². The van der Waals surface area contributed by atoms with Gasteiger partial charge in [0.1, 0.15) is 12.4 Å². The van der Waals surface area contributed by atoms with Crippen LogP contribution in [0.25, 0.3) is 0 Å². The van der Waals surface area contributed by atoms with Crippen LogP contribution in [0.3, 0.4) is 0 Å². The van der Waals surface area contributed by atoms with Crippen molar-refractivity contribution in [2.45, 2.75) is 38.3 Å². The third-order valence-electron chi connectivity index (χ3n) is 4.76. The number of aryl methyl sites for hydroxylation is 1. The van der Waals surface area contributed by atoms with Crippen molar-refractivity contribution in [2.24, 2.45) is 5.73 Å². The van der Waals surface area contributed by atoms with Crippen LogP contribution in [0.5, 0.6) is 11.5 Å². The van der Waals surface area contributed by atoms with E-state index in [0.717, 1.165) is 23.7 Å².